The quantitative estimate of drug-likeness (QED) is 0.705. The van der Waals surface area contributed by atoms with E-state index >= 15 is 0 Å². The number of benzene rings is 2. The number of nitrogens with zero attached hydrogens (tertiary/aromatic N) is 1. The Hall–Kier alpha value is -3.48. The number of hydrogen-bond donors (Lipinski definition) is 2. The van der Waals surface area contributed by atoms with Crippen molar-refractivity contribution in [3.05, 3.63) is 70.8 Å². The number of hydrogen-bond acceptors (Lipinski definition) is 4. The molecule has 0 saturated carbocycles. The van der Waals surface area contributed by atoms with Gasteiger partial charge in [-0.2, -0.15) is 0 Å². The van der Waals surface area contributed by atoms with Crippen LogP contribution in [0.5, 0.6) is 0 Å². The summed E-state index contributed by atoms with van der Waals surface area (Å²) in [4.78, 5) is 50.6. The van der Waals surface area contributed by atoms with Crippen molar-refractivity contribution in [1.82, 2.24) is 15.5 Å². The standard InChI is InChI=1S/C22H23N3O4/c1-3-11-23-19(26)14(2)24-20(27)16-8-6-7-15(12-16)13-25-21(28)17-9-4-5-10-18(17)22(25)29/h4-10,12,14H,3,11,13H2,1-2H3,(H,23,26)(H,24,27)/t14-/m0/s1. The molecule has 3 rings (SSSR count). The van der Waals surface area contributed by atoms with E-state index in [1.165, 1.54) is 4.90 Å². The van der Waals surface area contributed by atoms with Gasteiger partial charge < -0.3 is 10.6 Å². The molecule has 0 spiro atoms. The van der Waals surface area contributed by atoms with Crippen LogP contribution in [0.2, 0.25) is 0 Å². The van der Waals surface area contributed by atoms with Crippen molar-refractivity contribution in [2.75, 3.05) is 6.54 Å². The van der Waals surface area contributed by atoms with E-state index in [-0.39, 0.29) is 24.3 Å². The molecule has 29 heavy (non-hydrogen) atoms. The molecule has 0 radical (unpaired) electrons. The van der Waals surface area contributed by atoms with Gasteiger partial charge in [-0.25, -0.2) is 0 Å². The van der Waals surface area contributed by atoms with Gasteiger partial charge in [-0.05, 0) is 43.2 Å². The summed E-state index contributed by atoms with van der Waals surface area (Å²) < 4.78 is 0. The molecular formula is C22H23N3O4. The van der Waals surface area contributed by atoms with Crippen LogP contribution in [-0.4, -0.2) is 41.1 Å². The summed E-state index contributed by atoms with van der Waals surface area (Å²) in [5.74, 6) is -1.33. The summed E-state index contributed by atoms with van der Waals surface area (Å²) in [6.07, 6.45) is 0.812. The van der Waals surface area contributed by atoms with E-state index in [0.29, 0.717) is 28.8 Å². The van der Waals surface area contributed by atoms with Gasteiger partial charge in [-0.3, -0.25) is 24.1 Å². The lowest BCUT2D eigenvalue weighted by atomic mass is 10.1. The molecular weight excluding hydrogens is 370 g/mol. The number of rotatable bonds is 7. The third kappa shape index (κ3) is 4.34. The second-order valence-corrected chi connectivity index (χ2v) is 6.93. The minimum Gasteiger partial charge on any atom is -0.354 e. The van der Waals surface area contributed by atoms with Crippen molar-refractivity contribution in [2.24, 2.45) is 0 Å². The predicted molar refractivity (Wildman–Crippen MR) is 107 cm³/mol. The van der Waals surface area contributed by atoms with Gasteiger partial charge in [0.15, 0.2) is 0 Å². The first-order valence-electron chi connectivity index (χ1n) is 9.55. The number of amides is 4. The van der Waals surface area contributed by atoms with E-state index in [1.54, 1.807) is 55.5 Å². The molecule has 2 N–H and O–H groups in total. The lowest BCUT2D eigenvalue weighted by Gasteiger charge is -2.16. The molecule has 2 aromatic rings. The first-order valence-corrected chi connectivity index (χ1v) is 9.55. The molecule has 0 fully saturated rings. The highest BCUT2D eigenvalue weighted by molar-refractivity contribution is 6.21. The molecule has 1 aliphatic rings. The lowest BCUT2D eigenvalue weighted by molar-refractivity contribution is -0.122. The van der Waals surface area contributed by atoms with Crippen LogP contribution in [0, 0.1) is 0 Å². The van der Waals surface area contributed by atoms with Crippen molar-refractivity contribution in [1.29, 1.82) is 0 Å². The van der Waals surface area contributed by atoms with Crippen molar-refractivity contribution >= 4 is 23.6 Å². The van der Waals surface area contributed by atoms with Crippen LogP contribution in [-0.2, 0) is 11.3 Å². The molecule has 4 amide bonds. The predicted octanol–water partition coefficient (Wildman–Crippen LogP) is 2.13. The van der Waals surface area contributed by atoms with E-state index in [2.05, 4.69) is 10.6 Å². The maximum atomic E-state index is 12.5. The molecule has 1 atom stereocenters. The molecule has 1 aliphatic heterocycles. The minimum atomic E-state index is -0.672. The summed E-state index contributed by atoms with van der Waals surface area (Å²) in [7, 11) is 0. The van der Waals surface area contributed by atoms with Crippen molar-refractivity contribution in [3.63, 3.8) is 0 Å². The largest absolute Gasteiger partial charge is 0.354 e. The maximum Gasteiger partial charge on any atom is 0.261 e. The number of carbonyl (C=O) groups is 4. The molecule has 7 nitrogen and oxygen atoms in total. The number of nitrogens with one attached hydrogen (secondary N) is 2. The topological polar surface area (TPSA) is 95.6 Å². The maximum absolute atomic E-state index is 12.5. The third-order valence-electron chi connectivity index (χ3n) is 4.70. The Morgan fingerprint density at radius 3 is 2.28 bits per heavy atom. The first-order chi connectivity index (χ1) is 13.9. The van der Waals surface area contributed by atoms with Crippen molar-refractivity contribution in [2.45, 2.75) is 32.9 Å². The van der Waals surface area contributed by atoms with Gasteiger partial charge in [0.25, 0.3) is 17.7 Å². The number of fused-ring (bicyclic) bond motifs is 1. The van der Waals surface area contributed by atoms with Gasteiger partial charge in [-0.15, -0.1) is 0 Å². The third-order valence-corrected chi connectivity index (χ3v) is 4.70. The van der Waals surface area contributed by atoms with Crippen molar-refractivity contribution < 1.29 is 19.2 Å². The highest BCUT2D eigenvalue weighted by Crippen LogP contribution is 2.24. The van der Waals surface area contributed by atoms with Crippen LogP contribution in [0.25, 0.3) is 0 Å². The van der Waals surface area contributed by atoms with Gasteiger partial charge in [0.1, 0.15) is 6.04 Å². The molecule has 0 saturated heterocycles. The SMILES string of the molecule is CCCNC(=O)[C@H](C)NC(=O)c1cccc(CN2C(=O)c3ccccc3C2=O)c1. The molecule has 7 heteroatoms. The van der Waals surface area contributed by atoms with Gasteiger partial charge in [-0.1, -0.05) is 31.2 Å². The highest BCUT2D eigenvalue weighted by atomic mass is 16.2. The summed E-state index contributed by atoms with van der Waals surface area (Å²) in [6, 6.07) is 12.7. The second kappa shape index (κ2) is 8.68. The molecule has 0 unspecified atom stereocenters. The summed E-state index contributed by atoms with van der Waals surface area (Å²) in [5.41, 5.74) is 1.78. The van der Waals surface area contributed by atoms with Crippen LogP contribution < -0.4 is 10.6 Å². The van der Waals surface area contributed by atoms with Gasteiger partial charge >= 0.3 is 0 Å². The second-order valence-electron chi connectivity index (χ2n) is 6.93. The Morgan fingerprint density at radius 2 is 1.66 bits per heavy atom. The Kier molecular flexibility index (Phi) is 6.07. The first kappa shape index (κ1) is 20.3. The molecule has 150 valence electrons. The Labute approximate surface area is 169 Å². The monoisotopic (exact) mass is 393 g/mol. The van der Waals surface area contributed by atoms with E-state index in [0.717, 1.165) is 6.42 Å². The normalized spacial score (nSPS) is 13.8. The Balaban J connectivity index is 1.69. The fourth-order valence-corrected chi connectivity index (χ4v) is 3.12. The van der Waals surface area contributed by atoms with E-state index in [4.69, 9.17) is 0 Å². The summed E-state index contributed by atoms with van der Waals surface area (Å²) in [5, 5.41) is 5.39. The van der Waals surface area contributed by atoms with E-state index < -0.39 is 11.9 Å². The van der Waals surface area contributed by atoms with Crippen LogP contribution >= 0.6 is 0 Å². The molecule has 0 aliphatic carbocycles. The van der Waals surface area contributed by atoms with Gasteiger partial charge in [0.05, 0.1) is 17.7 Å². The number of carbonyl (C=O) groups excluding carboxylic acids is 4. The molecule has 0 bridgehead atoms. The summed E-state index contributed by atoms with van der Waals surface area (Å²) >= 11 is 0. The fraction of sp³-hybridized carbons (Fsp3) is 0.273. The zero-order chi connectivity index (χ0) is 21.0. The smallest absolute Gasteiger partial charge is 0.261 e. The van der Waals surface area contributed by atoms with Crippen LogP contribution in [0.1, 0.15) is 56.9 Å². The Bertz CT molecular complexity index is 935. The van der Waals surface area contributed by atoms with E-state index in [1.807, 2.05) is 6.92 Å². The molecule has 1 heterocycles. The number of imide groups is 1. The zero-order valence-corrected chi connectivity index (χ0v) is 16.4. The molecule has 2 aromatic carbocycles. The van der Waals surface area contributed by atoms with Crippen LogP contribution in [0.4, 0.5) is 0 Å². The highest BCUT2D eigenvalue weighted by Gasteiger charge is 2.35. The van der Waals surface area contributed by atoms with Crippen molar-refractivity contribution in [3.8, 4) is 0 Å². The lowest BCUT2D eigenvalue weighted by Crippen LogP contribution is -2.45. The van der Waals surface area contributed by atoms with Crippen LogP contribution in [0.15, 0.2) is 48.5 Å². The summed E-state index contributed by atoms with van der Waals surface area (Å²) in [6.45, 7) is 4.18. The van der Waals surface area contributed by atoms with Gasteiger partial charge in [0, 0.05) is 12.1 Å². The molecule has 0 aromatic heterocycles. The zero-order valence-electron chi connectivity index (χ0n) is 16.4. The average Bonchev–Trinajstić information content (AvgIpc) is 2.97. The Morgan fingerprint density at radius 1 is 1.00 bits per heavy atom. The van der Waals surface area contributed by atoms with Gasteiger partial charge in [0.2, 0.25) is 5.91 Å². The fourth-order valence-electron chi connectivity index (χ4n) is 3.12. The average molecular weight is 393 g/mol. The minimum absolute atomic E-state index is 0.0695. The van der Waals surface area contributed by atoms with Crippen LogP contribution in [0.3, 0.4) is 0 Å². The van der Waals surface area contributed by atoms with E-state index in [9.17, 15) is 19.2 Å².